The predicted molar refractivity (Wildman–Crippen MR) is 225 cm³/mol. The van der Waals surface area contributed by atoms with Gasteiger partial charge in [0.05, 0.1) is 0 Å². The SMILES string of the molecule is c1ccc(-c2cc(-c3ccc(N(c4ccc(-c5cccc6ccccc56)cc4)c4ccc5c(c4)sc4ccccc45)cc3)cc3ccccc23)cc1. The van der Waals surface area contributed by atoms with E-state index < -0.39 is 0 Å². The van der Waals surface area contributed by atoms with Crippen LogP contribution in [0, 0.1) is 0 Å². The third-order valence-electron chi connectivity index (χ3n) is 10.3. The van der Waals surface area contributed by atoms with E-state index >= 15 is 0 Å². The third-order valence-corrected chi connectivity index (χ3v) is 11.4. The van der Waals surface area contributed by atoms with Crippen molar-refractivity contribution in [1.82, 2.24) is 0 Å². The van der Waals surface area contributed by atoms with Crippen LogP contribution in [0.3, 0.4) is 0 Å². The van der Waals surface area contributed by atoms with E-state index in [2.05, 4.69) is 205 Å². The van der Waals surface area contributed by atoms with Gasteiger partial charge in [-0.1, -0.05) is 146 Å². The average molecular weight is 680 g/mol. The molecule has 244 valence electrons. The minimum Gasteiger partial charge on any atom is -0.310 e. The van der Waals surface area contributed by atoms with E-state index in [-0.39, 0.29) is 0 Å². The van der Waals surface area contributed by atoms with Gasteiger partial charge in [0.1, 0.15) is 0 Å². The fourth-order valence-corrected chi connectivity index (χ4v) is 8.84. The second kappa shape index (κ2) is 12.7. The number of fused-ring (bicyclic) bond motifs is 5. The van der Waals surface area contributed by atoms with Crippen LogP contribution in [-0.4, -0.2) is 0 Å². The van der Waals surface area contributed by atoms with Crippen LogP contribution in [0.5, 0.6) is 0 Å². The van der Waals surface area contributed by atoms with Crippen molar-refractivity contribution in [3.63, 3.8) is 0 Å². The largest absolute Gasteiger partial charge is 0.310 e. The van der Waals surface area contributed by atoms with Gasteiger partial charge in [-0.05, 0) is 110 Å². The van der Waals surface area contributed by atoms with Crippen LogP contribution in [0.2, 0.25) is 0 Å². The van der Waals surface area contributed by atoms with Crippen LogP contribution in [0.15, 0.2) is 200 Å². The Morgan fingerprint density at radius 3 is 1.62 bits per heavy atom. The van der Waals surface area contributed by atoms with Gasteiger partial charge in [0, 0.05) is 37.2 Å². The van der Waals surface area contributed by atoms with E-state index in [9.17, 15) is 0 Å². The van der Waals surface area contributed by atoms with Crippen molar-refractivity contribution in [2.24, 2.45) is 0 Å². The second-order valence-corrected chi connectivity index (χ2v) is 14.4. The molecule has 10 rings (SSSR count). The van der Waals surface area contributed by atoms with E-state index in [4.69, 9.17) is 0 Å². The lowest BCUT2D eigenvalue weighted by Gasteiger charge is -2.26. The lowest BCUT2D eigenvalue weighted by Crippen LogP contribution is -2.09. The summed E-state index contributed by atoms with van der Waals surface area (Å²) in [6, 6.07) is 73.0. The van der Waals surface area contributed by atoms with E-state index in [0.29, 0.717) is 0 Å². The van der Waals surface area contributed by atoms with Gasteiger partial charge >= 0.3 is 0 Å². The molecule has 1 heterocycles. The number of thiophene rings is 1. The van der Waals surface area contributed by atoms with Gasteiger partial charge in [-0.25, -0.2) is 0 Å². The fourth-order valence-electron chi connectivity index (χ4n) is 7.70. The molecule has 0 fully saturated rings. The average Bonchev–Trinajstić information content (AvgIpc) is 3.59. The maximum absolute atomic E-state index is 2.39. The van der Waals surface area contributed by atoms with Crippen LogP contribution in [0.4, 0.5) is 17.1 Å². The first-order valence-electron chi connectivity index (χ1n) is 17.8. The quantitative estimate of drug-likeness (QED) is 0.169. The fraction of sp³-hybridized carbons (Fsp3) is 0. The summed E-state index contributed by atoms with van der Waals surface area (Å²) < 4.78 is 2.60. The van der Waals surface area contributed by atoms with Gasteiger partial charge in [0.25, 0.3) is 0 Å². The highest BCUT2D eigenvalue weighted by Crippen LogP contribution is 2.42. The molecule has 52 heavy (non-hydrogen) atoms. The molecular weight excluding hydrogens is 647 g/mol. The lowest BCUT2D eigenvalue weighted by molar-refractivity contribution is 1.29. The van der Waals surface area contributed by atoms with Crippen molar-refractivity contribution in [1.29, 1.82) is 0 Å². The monoisotopic (exact) mass is 679 g/mol. The molecule has 0 atom stereocenters. The van der Waals surface area contributed by atoms with Gasteiger partial charge in [-0.2, -0.15) is 0 Å². The summed E-state index contributed by atoms with van der Waals surface area (Å²) in [5, 5.41) is 7.65. The maximum atomic E-state index is 2.39. The molecule has 0 N–H and O–H groups in total. The Kier molecular flexibility index (Phi) is 7.41. The zero-order valence-corrected chi connectivity index (χ0v) is 29.2. The van der Waals surface area contributed by atoms with E-state index in [1.165, 1.54) is 75.1 Å². The third kappa shape index (κ3) is 5.33. The van der Waals surface area contributed by atoms with Crippen LogP contribution in [0.25, 0.3) is 75.1 Å². The van der Waals surface area contributed by atoms with Gasteiger partial charge in [0.2, 0.25) is 0 Å². The Hall–Kier alpha value is -6.48. The van der Waals surface area contributed by atoms with Crippen molar-refractivity contribution in [2.45, 2.75) is 0 Å². The molecule has 0 spiro atoms. The summed E-state index contributed by atoms with van der Waals surface area (Å²) in [4.78, 5) is 2.39. The number of hydrogen-bond acceptors (Lipinski definition) is 2. The molecule has 0 saturated carbocycles. The van der Waals surface area contributed by atoms with Crippen LogP contribution in [0.1, 0.15) is 0 Å². The first kappa shape index (κ1) is 30.4. The number of nitrogens with zero attached hydrogens (tertiary/aromatic N) is 1. The minimum absolute atomic E-state index is 1.12. The molecule has 0 aliphatic heterocycles. The van der Waals surface area contributed by atoms with E-state index in [0.717, 1.165) is 17.1 Å². The summed E-state index contributed by atoms with van der Waals surface area (Å²) >= 11 is 1.86. The van der Waals surface area contributed by atoms with Gasteiger partial charge in [0.15, 0.2) is 0 Å². The molecule has 0 radical (unpaired) electrons. The second-order valence-electron chi connectivity index (χ2n) is 13.3. The Morgan fingerprint density at radius 2 is 0.846 bits per heavy atom. The summed E-state index contributed by atoms with van der Waals surface area (Å²) in [6.07, 6.45) is 0. The van der Waals surface area contributed by atoms with Crippen molar-refractivity contribution >= 4 is 70.1 Å². The Morgan fingerprint density at radius 1 is 0.288 bits per heavy atom. The molecule has 0 bridgehead atoms. The van der Waals surface area contributed by atoms with Crippen molar-refractivity contribution in [3.8, 4) is 33.4 Å². The summed E-state index contributed by atoms with van der Waals surface area (Å²) in [6.45, 7) is 0. The summed E-state index contributed by atoms with van der Waals surface area (Å²) in [5.41, 5.74) is 10.7. The molecule has 0 amide bonds. The highest BCUT2D eigenvalue weighted by molar-refractivity contribution is 7.25. The number of rotatable bonds is 6. The molecule has 0 aliphatic carbocycles. The van der Waals surface area contributed by atoms with E-state index in [1.807, 2.05) is 11.3 Å². The number of anilines is 3. The van der Waals surface area contributed by atoms with Crippen molar-refractivity contribution in [2.75, 3.05) is 4.90 Å². The molecule has 2 heteroatoms. The molecule has 9 aromatic carbocycles. The Labute approximate surface area is 307 Å². The van der Waals surface area contributed by atoms with Gasteiger partial charge in [-0.3, -0.25) is 0 Å². The van der Waals surface area contributed by atoms with Crippen molar-refractivity contribution in [3.05, 3.63) is 200 Å². The van der Waals surface area contributed by atoms with Gasteiger partial charge < -0.3 is 4.90 Å². The zero-order valence-electron chi connectivity index (χ0n) is 28.4. The minimum atomic E-state index is 1.12. The van der Waals surface area contributed by atoms with E-state index in [1.54, 1.807) is 0 Å². The standard InChI is InChI=1S/C50H33NS/c1-2-11-36(12-3-1)48-32-39(31-38-14-5-7-17-45(38)48)34-21-25-40(26-22-34)51(42-29-30-47-46-18-8-9-20-49(46)52-50(47)33-42)41-27-23-37(24-28-41)44-19-10-15-35-13-4-6-16-43(35)44/h1-33H. The number of benzene rings is 9. The molecule has 0 saturated heterocycles. The predicted octanol–water partition coefficient (Wildman–Crippen LogP) is 14.8. The maximum Gasteiger partial charge on any atom is 0.0476 e. The highest BCUT2D eigenvalue weighted by atomic mass is 32.1. The first-order valence-corrected chi connectivity index (χ1v) is 18.6. The molecule has 1 aromatic heterocycles. The molecule has 1 nitrogen and oxygen atoms in total. The van der Waals surface area contributed by atoms with Gasteiger partial charge in [-0.15, -0.1) is 11.3 Å². The highest BCUT2D eigenvalue weighted by Gasteiger charge is 2.16. The molecular formula is C50H33NS. The number of hydrogen-bond donors (Lipinski definition) is 0. The van der Waals surface area contributed by atoms with Crippen LogP contribution >= 0.6 is 11.3 Å². The molecule has 10 aromatic rings. The normalized spacial score (nSPS) is 11.5. The Balaban J connectivity index is 1.08. The van der Waals surface area contributed by atoms with Crippen molar-refractivity contribution < 1.29 is 0 Å². The smallest absolute Gasteiger partial charge is 0.0476 e. The van der Waals surface area contributed by atoms with Crippen LogP contribution < -0.4 is 4.90 Å². The lowest BCUT2D eigenvalue weighted by atomic mass is 9.93. The zero-order chi connectivity index (χ0) is 34.4. The molecule has 0 aliphatic rings. The first-order chi connectivity index (χ1) is 25.8. The Bertz CT molecular complexity index is 2880. The molecule has 0 unspecified atom stereocenters. The summed E-state index contributed by atoms with van der Waals surface area (Å²) in [5.74, 6) is 0. The van der Waals surface area contributed by atoms with Crippen LogP contribution in [-0.2, 0) is 0 Å². The summed E-state index contributed by atoms with van der Waals surface area (Å²) in [7, 11) is 0. The topological polar surface area (TPSA) is 3.24 Å².